The first-order valence-electron chi connectivity index (χ1n) is 5.62. The highest BCUT2D eigenvalue weighted by atomic mass is 79.9. The van der Waals surface area contributed by atoms with Crippen molar-refractivity contribution in [3.8, 4) is 0 Å². The quantitative estimate of drug-likeness (QED) is 0.791. The topological polar surface area (TPSA) is 26.3 Å². The predicted molar refractivity (Wildman–Crippen MR) is 66.3 cm³/mol. The lowest BCUT2D eigenvalue weighted by atomic mass is 9.96. The van der Waals surface area contributed by atoms with Crippen LogP contribution in [0.2, 0.25) is 0 Å². The number of hydrogen-bond donors (Lipinski definition) is 0. The van der Waals surface area contributed by atoms with Crippen molar-refractivity contribution in [3.05, 3.63) is 34.3 Å². The second kappa shape index (κ2) is 4.58. The number of halogens is 1. The fourth-order valence-corrected chi connectivity index (χ4v) is 2.10. The number of rotatable bonds is 4. The molecule has 0 radical (unpaired) electrons. The summed E-state index contributed by atoms with van der Waals surface area (Å²) < 4.78 is 6.29. The van der Waals surface area contributed by atoms with Crippen molar-refractivity contribution in [2.45, 2.75) is 31.6 Å². The van der Waals surface area contributed by atoms with Crippen LogP contribution in [-0.2, 0) is 14.9 Å². The van der Waals surface area contributed by atoms with Gasteiger partial charge in [-0.1, -0.05) is 35.0 Å². The fraction of sp³-hybridized carbons (Fsp3) is 0.462. The van der Waals surface area contributed by atoms with Crippen LogP contribution in [0.1, 0.15) is 31.7 Å². The maximum absolute atomic E-state index is 11.9. The van der Waals surface area contributed by atoms with E-state index >= 15 is 0 Å². The van der Waals surface area contributed by atoms with Gasteiger partial charge in [0.1, 0.15) is 0 Å². The number of ether oxygens (including phenoxy) is 1. The molecular weight excluding hydrogens is 268 g/mol. The average molecular weight is 283 g/mol. The van der Waals surface area contributed by atoms with Crippen LogP contribution >= 0.6 is 15.9 Å². The van der Waals surface area contributed by atoms with Gasteiger partial charge < -0.3 is 4.74 Å². The van der Waals surface area contributed by atoms with Crippen LogP contribution in [0.4, 0.5) is 0 Å². The molecule has 1 aromatic rings. The molecule has 1 fully saturated rings. The third kappa shape index (κ3) is 2.14. The third-order valence-corrected chi connectivity index (χ3v) is 3.50. The maximum Gasteiger partial charge on any atom is 0.316 e. The minimum Gasteiger partial charge on any atom is -0.465 e. The van der Waals surface area contributed by atoms with Gasteiger partial charge in [-0.25, -0.2) is 0 Å². The average Bonchev–Trinajstić information content (AvgIpc) is 3.08. The van der Waals surface area contributed by atoms with E-state index in [1.165, 1.54) is 0 Å². The van der Waals surface area contributed by atoms with E-state index < -0.39 is 0 Å². The molecule has 86 valence electrons. The molecule has 0 aromatic heterocycles. The molecule has 0 spiro atoms. The number of esters is 1. The minimum atomic E-state index is -0.337. The SMILES string of the molecule is CCCOC(=O)C1(c2ccc(Br)cc2)CC1. The number of carbonyl (C=O) groups is 1. The molecule has 0 heterocycles. The molecule has 1 aliphatic carbocycles. The summed E-state index contributed by atoms with van der Waals surface area (Å²) in [7, 11) is 0. The van der Waals surface area contributed by atoms with Crippen molar-refractivity contribution in [2.24, 2.45) is 0 Å². The Morgan fingerprint density at radius 3 is 2.50 bits per heavy atom. The Labute approximate surface area is 104 Å². The second-order valence-electron chi connectivity index (χ2n) is 4.22. The van der Waals surface area contributed by atoms with Gasteiger partial charge in [-0.3, -0.25) is 4.79 Å². The Kier molecular flexibility index (Phi) is 3.33. The Hall–Kier alpha value is -0.830. The van der Waals surface area contributed by atoms with Gasteiger partial charge in [0.25, 0.3) is 0 Å². The van der Waals surface area contributed by atoms with Gasteiger partial charge in [0, 0.05) is 4.47 Å². The van der Waals surface area contributed by atoms with Crippen LogP contribution in [-0.4, -0.2) is 12.6 Å². The summed E-state index contributed by atoms with van der Waals surface area (Å²) in [4.78, 5) is 11.9. The van der Waals surface area contributed by atoms with E-state index in [2.05, 4.69) is 15.9 Å². The van der Waals surface area contributed by atoms with Crippen molar-refractivity contribution < 1.29 is 9.53 Å². The van der Waals surface area contributed by atoms with Gasteiger partial charge >= 0.3 is 5.97 Å². The Bertz CT molecular complexity index is 379. The van der Waals surface area contributed by atoms with Crippen molar-refractivity contribution in [1.82, 2.24) is 0 Å². The summed E-state index contributed by atoms with van der Waals surface area (Å²) in [5.41, 5.74) is 0.743. The Morgan fingerprint density at radius 2 is 2.00 bits per heavy atom. The molecule has 2 rings (SSSR count). The first-order valence-corrected chi connectivity index (χ1v) is 6.41. The van der Waals surface area contributed by atoms with E-state index in [0.29, 0.717) is 6.61 Å². The van der Waals surface area contributed by atoms with E-state index in [-0.39, 0.29) is 11.4 Å². The number of benzene rings is 1. The van der Waals surface area contributed by atoms with Crippen LogP contribution in [0.25, 0.3) is 0 Å². The summed E-state index contributed by atoms with van der Waals surface area (Å²) in [5, 5.41) is 0. The highest BCUT2D eigenvalue weighted by Gasteiger charge is 2.52. The van der Waals surface area contributed by atoms with Gasteiger partial charge in [0.05, 0.1) is 12.0 Å². The largest absolute Gasteiger partial charge is 0.465 e. The van der Waals surface area contributed by atoms with Gasteiger partial charge in [-0.05, 0) is 37.0 Å². The van der Waals surface area contributed by atoms with Gasteiger partial charge in [0.2, 0.25) is 0 Å². The monoisotopic (exact) mass is 282 g/mol. The summed E-state index contributed by atoms with van der Waals surface area (Å²) in [6.45, 7) is 2.53. The van der Waals surface area contributed by atoms with Crippen molar-refractivity contribution in [1.29, 1.82) is 0 Å². The van der Waals surface area contributed by atoms with Gasteiger partial charge in [0.15, 0.2) is 0 Å². The third-order valence-electron chi connectivity index (χ3n) is 2.97. The summed E-state index contributed by atoms with van der Waals surface area (Å²) >= 11 is 3.40. The van der Waals surface area contributed by atoms with Gasteiger partial charge in [-0.2, -0.15) is 0 Å². The number of carbonyl (C=O) groups excluding carboxylic acids is 1. The highest BCUT2D eigenvalue weighted by Crippen LogP contribution is 2.49. The Morgan fingerprint density at radius 1 is 1.38 bits per heavy atom. The molecule has 16 heavy (non-hydrogen) atoms. The zero-order chi connectivity index (χ0) is 11.6. The maximum atomic E-state index is 11.9. The molecule has 0 atom stereocenters. The molecule has 0 unspecified atom stereocenters. The first kappa shape index (κ1) is 11.6. The molecule has 3 heteroatoms. The summed E-state index contributed by atoms with van der Waals surface area (Å²) in [5.74, 6) is -0.0586. The zero-order valence-corrected chi connectivity index (χ0v) is 10.9. The molecular formula is C13H15BrO2. The molecule has 0 saturated heterocycles. The molecule has 0 aliphatic heterocycles. The number of hydrogen-bond acceptors (Lipinski definition) is 2. The summed E-state index contributed by atoms with van der Waals surface area (Å²) in [6.07, 6.45) is 2.70. The molecule has 2 nitrogen and oxygen atoms in total. The van der Waals surface area contributed by atoms with Crippen LogP contribution in [0.5, 0.6) is 0 Å². The smallest absolute Gasteiger partial charge is 0.316 e. The lowest BCUT2D eigenvalue weighted by molar-refractivity contribution is -0.146. The van der Waals surface area contributed by atoms with Crippen LogP contribution in [0, 0.1) is 0 Å². The fourth-order valence-electron chi connectivity index (χ4n) is 1.84. The first-order chi connectivity index (χ1) is 7.69. The van der Waals surface area contributed by atoms with Crippen molar-refractivity contribution >= 4 is 21.9 Å². The van der Waals surface area contributed by atoms with E-state index in [9.17, 15) is 4.79 Å². The van der Waals surface area contributed by atoms with E-state index in [4.69, 9.17) is 4.74 Å². The molecule has 1 aromatic carbocycles. The zero-order valence-electron chi connectivity index (χ0n) is 9.33. The van der Waals surface area contributed by atoms with E-state index in [1.807, 2.05) is 31.2 Å². The van der Waals surface area contributed by atoms with Crippen LogP contribution < -0.4 is 0 Å². The predicted octanol–water partition coefficient (Wildman–Crippen LogP) is 3.43. The highest BCUT2D eigenvalue weighted by molar-refractivity contribution is 9.10. The van der Waals surface area contributed by atoms with Gasteiger partial charge in [-0.15, -0.1) is 0 Å². The van der Waals surface area contributed by atoms with Crippen molar-refractivity contribution in [3.63, 3.8) is 0 Å². The van der Waals surface area contributed by atoms with E-state index in [1.54, 1.807) is 0 Å². The molecule has 0 amide bonds. The molecule has 1 saturated carbocycles. The van der Waals surface area contributed by atoms with Crippen molar-refractivity contribution in [2.75, 3.05) is 6.61 Å². The standard InChI is InChI=1S/C13H15BrO2/c1-2-9-16-12(15)13(7-8-13)10-3-5-11(14)6-4-10/h3-6H,2,7-9H2,1H3. The molecule has 0 bridgehead atoms. The normalized spacial score (nSPS) is 16.9. The summed E-state index contributed by atoms with van der Waals surface area (Å²) in [6, 6.07) is 7.96. The molecule has 0 N–H and O–H groups in total. The lowest BCUT2D eigenvalue weighted by Crippen LogP contribution is -2.23. The molecule has 1 aliphatic rings. The lowest BCUT2D eigenvalue weighted by Gasteiger charge is -2.14. The van der Waals surface area contributed by atoms with Crippen LogP contribution in [0.3, 0.4) is 0 Å². The second-order valence-corrected chi connectivity index (χ2v) is 5.14. The Balaban J connectivity index is 2.13. The minimum absolute atomic E-state index is 0.0586. The van der Waals surface area contributed by atoms with E-state index in [0.717, 1.165) is 29.3 Å². The van der Waals surface area contributed by atoms with Crippen LogP contribution in [0.15, 0.2) is 28.7 Å².